The highest BCUT2D eigenvalue weighted by Gasteiger charge is 2.59. The molecule has 1 aliphatic carbocycles. The Labute approximate surface area is 222 Å². The summed E-state index contributed by atoms with van der Waals surface area (Å²) >= 11 is 0. The molecule has 1 saturated heterocycles. The van der Waals surface area contributed by atoms with E-state index in [2.05, 4.69) is 9.64 Å². The third-order valence-electron chi connectivity index (χ3n) is 8.53. The van der Waals surface area contributed by atoms with Gasteiger partial charge >= 0.3 is 11.9 Å². The van der Waals surface area contributed by atoms with Crippen LogP contribution in [0.4, 0.5) is 0 Å². The third-order valence-corrected chi connectivity index (χ3v) is 8.53. The first-order chi connectivity index (χ1) is 18.1. The number of carbonyl (C=O) groups is 2. The maximum atomic E-state index is 13.7. The van der Waals surface area contributed by atoms with Gasteiger partial charge in [-0.15, -0.1) is 0 Å². The molecule has 38 heavy (non-hydrogen) atoms. The molecular weight excluding hydrogens is 494 g/mol. The Morgan fingerprint density at radius 2 is 1.95 bits per heavy atom. The molecule has 0 unspecified atom stereocenters. The van der Waals surface area contributed by atoms with Crippen LogP contribution in [0.15, 0.2) is 24.0 Å². The van der Waals surface area contributed by atoms with Crippen LogP contribution in [-0.2, 0) is 30.2 Å². The van der Waals surface area contributed by atoms with Crippen LogP contribution >= 0.6 is 0 Å². The van der Waals surface area contributed by atoms with Crippen LogP contribution in [0.5, 0.6) is 11.5 Å². The average molecular weight is 532 g/mol. The molecule has 0 amide bonds. The van der Waals surface area contributed by atoms with Gasteiger partial charge in [0.2, 0.25) is 6.79 Å². The van der Waals surface area contributed by atoms with E-state index in [0.717, 1.165) is 50.6 Å². The summed E-state index contributed by atoms with van der Waals surface area (Å²) in [7, 11) is 2.62. The van der Waals surface area contributed by atoms with Gasteiger partial charge < -0.3 is 33.9 Å². The number of fused-ring (bicyclic) bond motifs is 3. The van der Waals surface area contributed by atoms with Gasteiger partial charge in [-0.3, -0.25) is 4.90 Å². The van der Waals surface area contributed by atoms with Gasteiger partial charge in [-0.1, -0.05) is 13.8 Å². The molecule has 4 aliphatic rings. The number of aliphatic hydroxyl groups excluding tert-OH is 1. The van der Waals surface area contributed by atoms with E-state index in [4.69, 9.17) is 18.9 Å². The Morgan fingerprint density at radius 1 is 1.21 bits per heavy atom. The van der Waals surface area contributed by atoms with Crippen molar-refractivity contribution in [3.05, 3.63) is 35.1 Å². The Hall–Kier alpha value is -2.82. The van der Waals surface area contributed by atoms with Gasteiger partial charge in [0.15, 0.2) is 29.3 Å². The molecule has 208 valence electrons. The molecule has 10 heteroatoms. The van der Waals surface area contributed by atoms with E-state index in [9.17, 15) is 19.8 Å². The topological polar surface area (TPSA) is 124 Å². The standard InChI is InChI=1S/C28H37NO9/c1-16(2)6-9-28(33,24(30)25(31)35-4)26(32)38-23-21(34-3)14-27-8-5-10-29(27)11-7-17-12-19-20(37-15-36-19)13-18(17)22(23)27/h12-14,16,22-24,30,33H,5-11,15H2,1-4H3/t22-,23+,24+,27-,28+/m0/s1. The molecule has 0 aromatic heterocycles. The quantitative estimate of drug-likeness (QED) is 0.482. The van der Waals surface area contributed by atoms with Gasteiger partial charge in [-0.25, -0.2) is 9.59 Å². The summed E-state index contributed by atoms with van der Waals surface area (Å²) in [6.07, 6.45) is 1.88. The third kappa shape index (κ3) is 4.23. The van der Waals surface area contributed by atoms with Gasteiger partial charge in [0.05, 0.1) is 25.7 Å². The van der Waals surface area contributed by atoms with Crippen molar-refractivity contribution < 1.29 is 43.5 Å². The van der Waals surface area contributed by atoms with E-state index in [0.29, 0.717) is 23.7 Å². The molecule has 10 nitrogen and oxygen atoms in total. The fourth-order valence-electron chi connectivity index (χ4n) is 6.48. The first kappa shape index (κ1) is 26.8. The van der Waals surface area contributed by atoms with Crippen molar-refractivity contribution in [2.45, 2.75) is 75.2 Å². The lowest BCUT2D eigenvalue weighted by Crippen LogP contribution is -2.56. The molecule has 2 N–H and O–H groups in total. The minimum absolute atomic E-state index is 0.105. The van der Waals surface area contributed by atoms with Crippen molar-refractivity contribution in [2.24, 2.45) is 5.92 Å². The normalized spacial score (nSPS) is 27.9. The molecule has 5 rings (SSSR count). The second kappa shape index (κ2) is 10.1. The molecule has 0 radical (unpaired) electrons. The summed E-state index contributed by atoms with van der Waals surface area (Å²) in [5, 5.41) is 22.1. The van der Waals surface area contributed by atoms with Crippen molar-refractivity contribution >= 4 is 11.9 Å². The van der Waals surface area contributed by atoms with Crippen molar-refractivity contribution in [2.75, 3.05) is 34.1 Å². The fraction of sp³-hybridized carbons (Fsp3) is 0.643. The van der Waals surface area contributed by atoms with Gasteiger partial charge in [0.1, 0.15) is 5.76 Å². The Kier molecular flexibility index (Phi) is 7.08. The monoisotopic (exact) mass is 531 g/mol. The van der Waals surface area contributed by atoms with Gasteiger partial charge in [0.25, 0.3) is 0 Å². The Bertz CT molecular complexity index is 1130. The largest absolute Gasteiger partial charge is 0.497 e. The number of aliphatic hydroxyl groups is 2. The molecule has 1 spiro atoms. The van der Waals surface area contributed by atoms with Gasteiger partial charge in [-0.2, -0.15) is 0 Å². The maximum Gasteiger partial charge on any atom is 0.342 e. The highest BCUT2D eigenvalue weighted by Crippen LogP contribution is 2.55. The second-order valence-corrected chi connectivity index (χ2v) is 11.1. The number of ether oxygens (including phenoxy) is 5. The van der Waals surface area contributed by atoms with Gasteiger partial charge in [-0.05, 0) is 73.9 Å². The lowest BCUT2D eigenvalue weighted by molar-refractivity contribution is -0.195. The average Bonchev–Trinajstić information content (AvgIpc) is 3.59. The highest BCUT2D eigenvalue weighted by molar-refractivity contribution is 5.89. The summed E-state index contributed by atoms with van der Waals surface area (Å²) in [4.78, 5) is 28.4. The van der Waals surface area contributed by atoms with Crippen molar-refractivity contribution in [3.63, 3.8) is 0 Å². The van der Waals surface area contributed by atoms with Gasteiger partial charge in [0, 0.05) is 6.54 Å². The molecule has 1 aromatic carbocycles. The molecule has 0 bridgehead atoms. The van der Waals surface area contributed by atoms with Crippen LogP contribution in [0.25, 0.3) is 0 Å². The van der Waals surface area contributed by atoms with Crippen LogP contribution < -0.4 is 9.47 Å². The first-order valence-corrected chi connectivity index (χ1v) is 13.3. The van der Waals surface area contributed by atoms with E-state index in [1.54, 1.807) is 0 Å². The smallest absolute Gasteiger partial charge is 0.342 e. The molecule has 3 heterocycles. The minimum atomic E-state index is -2.48. The maximum absolute atomic E-state index is 13.7. The molecule has 0 saturated carbocycles. The van der Waals surface area contributed by atoms with E-state index in [1.807, 2.05) is 32.1 Å². The molecule has 5 atom stereocenters. The van der Waals surface area contributed by atoms with Crippen LogP contribution in [0.3, 0.4) is 0 Å². The lowest BCUT2D eigenvalue weighted by atomic mass is 9.77. The van der Waals surface area contributed by atoms with E-state index >= 15 is 0 Å². The summed E-state index contributed by atoms with van der Waals surface area (Å²) < 4.78 is 27.8. The predicted molar refractivity (Wildman–Crippen MR) is 135 cm³/mol. The number of methoxy groups -OCH3 is 2. The first-order valence-electron chi connectivity index (χ1n) is 13.3. The van der Waals surface area contributed by atoms with Crippen molar-refractivity contribution in [1.29, 1.82) is 0 Å². The second-order valence-electron chi connectivity index (χ2n) is 11.1. The predicted octanol–water partition coefficient (Wildman–Crippen LogP) is 2.05. The zero-order valence-corrected chi connectivity index (χ0v) is 22.4. The molecule has 1 fully saturated rings. The highest BCUT2D eigenvalue weighted by atomic mass is 16.7. The summed E-state index contributed by atoms with van der Waals surface area (Å²) in [5.41, 5.74) is -0.890. The number of hydrogen-bond acceptors (Lipinski definition) is 10. The van der Waals surface area contributed by atoms with Crippen molar-refractivity contribution in [1.82, 2.24) is 4.90 Å². The molecular formula is C28H37NO9. The zero-order valence-electron chi connectivity index (χ0n) is 22.4. The summed E-state index contributed by atoms with van der Waals surface area (Å²) in [6.45, 7) is 5.70. The van der Waals surface area contributed by atoms with Crippen LogP contribution in [0.1, 0.15) is 56.6 Å². The summed E-state index contributed by atoms with van der Waals surface area (Å²) in [6, 6.07) is 3.96. The molecule has 1 aromatic rings. The fourth-order valence-corrected chi connectivity index (χ4v) is 6.48. The van der Waals surface area contributed by atoms with E-state index in [-0.39, 0.29) is 25.0 Å². The Balaban J connectivity index is 1.56. The summed E-state index contributed by atoms with van der Waals surface area (Å²) in [5.74, 6) is -0.634. The van der Waals surface area contributed by atoms with Crippen molar-refractivity contribution in [3.8, 4) is 11.5 Å². The lowest BCUT2D eigenvalue weighted by Gasteiger charge is -2.40. The number of esters is 2. The number of hydrogen-bond donors (Lipinski definition) is 2. The Morgan fingerprint density at radius 3 is 2.63 bits per heavy atom. The van der Waals surface area contributed by atoms with Crippen LogP contribution in [0, 0.1) is 5.92 Å². The van der Waals surface area contributed by atoms with E-state index < -0.39 is 35.3 Å². The number of nitrogens with zero attached hydrogens (tertiary/aromatic N) is 1. The number of rotatable bonds is 8. The number of carbonyl (C=O) groups excluding carboxylic acids is 2. The van der Waals surface area contributed by atoms with E-state index in [1.165, 1.54) is 7.11 Å². The SMILES string of the molecule is COC(=O)[C@@H](O)[C@](O)(CCC(C)C)C(=O)O[C@@H]1C(OC)=C[C@]23CCCN2CCc2cc4c(cc2[C@@H]13)OCO4. The number of benzene rings is 1. The van der Waals surface area contributed by atoms with Crippen LogP contribution in [0.2, 0.25) is 0 Å². The minimum Gasteiger partial charge on any atom is -0.497 e. The van der Waals surface area contributed by atoms with Crippen LogP contribution in [-0.4, -0.2) is 84.5 Å². The molecule has 3 aliphatic heterocycles. The zero-order chi connectivity index (χ0) is 27.2.